The number of aliphatic hydroxyl groups excluding tert-OH is 5. The van der Waals surface area contributed by atoms with Crippen LogP contribution in [0.4, 0.5) is 0 Å². The Balaban J connectivity index is 2.40. The van der Waals surface area contributed by atoms with E-state index in [0.717, 1.165) is 70.6 Å². The van der Waals surface area contributed by atoms with Gasteiger partial charge in [0.25, 0.3) is 0 Å². The van der Waals surface area contributed by atoms with Gasteiger partial charge in [0.2, 0.25) is 5.91 Å². The van der Waals surface area contributed by atoms with Gasteiger partial charge in [0.15, 0.2) is 6.29 Å². The van der Waals surface area contributed by atoms with E-state index in [9.17, 15) is 30.3 Å². The minimum Gasteiger partial charge on any atom is -0.394 e. The molecule has 1 fully saturated rings. The molecule has 0 spiro atoms. The molecule has 1 heterocycles. The van der Waals surface area contributed by atoms with E-state index in [0.29, 0.717) is 6.42 Å². The smallest absolute Gasteiger partial charge is 0.220 e. The number of hydrogen-bond donors (Lipinski definition) is 6. The third-order valence-electron chi connectivity index (χ3n) is 10.6. The van der Waals surface area contributed by atoms with Gasteiger partial charge in [-0.1, -0.05) is 159 Å². The largest absolute Gasteiger partial charge is 0.394 e. The second kappa shape index (κ2) is 37.4. The molecule has 1 aliphatic rings. The van der Waals surface area contributed by atoms with Crippen LogP contribution in [0.5, 0.6) is 0 Å². The normalized spacial score (nSPS) is 21.6. The quantitative estimate of drug-likeness (QED) is 0.0269. The van der Waals surface area contributed by atoms with Gasteiger partial charge in [-0.2, -0.15) is 0 Å². The summed E-state index contributed by atoms with van der Waals surface area (Å²) in [4.78, 5) is 12.9. The van der Waals surface area contributed by atoms with E-state index in [1.807, 2.05) is 6.08 Å². The third-order valence-corrected chi connectivity index (χ3v) is 10.6. The molecule has 1 amide bonds. The Hall–Kier alpha value is -1.85. The van der Waals surface area contributed by atoms with Crippen LogP contribution in [0.3, 0.4) is 0 Å². The van der Waals surface area contributed by atoms with Crippen molar-refractivity contribution in [3.05, 3.63) is 48.6 Å². The van der Waals surface area contributed by atoms with E-state index in [1.54, 1.807) is 6.08 Å². The number of hydrogen-bond acceptors (Lipinski definition) is 8. The van der Waals surface area contributed by atoms with E-state index in [2.05, 4.69) is 55.6 Å². The summed E-state index contributed by atoms with van der Waals surface area (Å²) in [6.07, 6.45) is 40.1. The molecule has 0 aromatic carbocycles. The fourth-order valence-corrected chi connectivity index (χ4v) is 6.89. The highest BCUT2D eigenvalue weighted by Crippen LogP contribution is 2.22. The van der Waals surface area contributed by atoms with Crippen LogP contribution in [0.15, 0.2) is 48.6 Å². The summed E-state index contributed by atoms with van der Waals surface area (Å²) in [6.45, 7) is 3.72. The molecule has 1 rings (SSSR count). The molecule has 0 aromatic rings. The van der Waals surface area contributed by atoms with Crippen molar-refractivity contribution in [1.29, 1.82) is 0 Å². The molecule has 56 heavy (non-hydrogen) atoms. The number of rotatable bonds is 37. The lowest BCUT2D eigenvalue weighted by Gasteiger charge is -2.40. The van der Waals surface area contributed by atoms with E-state index >= 15 is 0 Å². The highest BCUT2D eigenvalue weighted by Gasteiger charge is 2.44. The van der Waals surface area contributed by atoms with Crippen molar-refractivity contribution in [2.45, 2.75) is 230 Å². The summed E-state index contributed by atoms with van der Waals surface area (Å²) < 4.78 is 11.2. The predicted octanol–water partition coefficient (Wildman–Crippen LogP) is 9.45. The molecular weight excluding hydrogens is 707 g/mol. The second-order valence-electron chi connectivity index (χ2n) is 15.8. The summed E-state index contributed by atoms with van der Waals surface area (Å²) in [5.74, 6) is -0.201. The molecule has 9 heteroatoms. The summed E-state index contributed by atoms with van der Waals surface area (Å²) in [5.41, 5.74) is 0. The van der Waals surface area contributed by atoms with Crippen molar-refractivity contribution in [3.63, 3.8) is 0 Å². The Labute approximate surface area is 342 Å². The van der Waals surface area contributed by atoms with Crippen molar-refractivity contribution in [3.8, 4) is 0 Å². The zero-order chi connectivity index (χ0) is 40.9. The van der Waals surface area contributed by atoms with E-state index in [-0.39, 0.29) is 12.5 Å². The fraction of sp³-hybridized carbons (Fsp3) is 0.809. The Bertz CT molecular complexity index is 1010. The first-order chi connectivity index (χ1) is 27.3. The Morgan fingerprint density at radius 2 is 1.02 bits per heavy atom. The zero-order valence-electron chi connectivity index (χ0n) is 35.6. The number of nitrogens with one attached hydrogen (secondary N) is 1. The third kappa shape index (κ3) is 27.7. The molecule has 1 saturated heterocycles. The van der Waals surface area contributed by atoms with Crippen LogP contribution < -0.4 is 5.32 Å². The summed E-state index contributed by atoms with van der Waals surface area (Å²) in [6, 6.07) is -0.831. The fourth-order valence-electron chi connectivity index (χ4n) is 6.89. The predicted molar refractivity (Wildman–Crippen MR) is 230 cm³/mol. The SMILES string of the molecule is CCCCCCC/C=C/CC/C=C/CC/C=C/C(O)C(COC1OC(CO)C(O)C(O)C1O)NC(=O)CCCCCCC/C=C\CCCCCCCCCCC. The van der Waals surface area contributed by atoms with E-state index in [4.69, 9.17) is 9.47 Å². The first-order valence-electron chi connectivity index (χ1n) is 22.9. The average molecular weight is 792 g/mol. The summed E-state index contributed by atoms with van der Waals surface area (Å²) >= 11 is 0. The van der Waals surface area contributed by atoms with Crippen LogP contribution in [-0.4, -0.2) is 87.5 Å². The first kappa shape index (κ1) is 52.2. The van der Waals surface area contributed by atoms with Gasteiger partial charge in [-0.3, -0.25) is 4.79 Å². The van der Waals surface area contributed by atoms with Crippen LogP contribution in [0.2, 0.25) is 0 Å². The molecule has 9 nitrogen and oxygen atoms in total. The van der Waals surface area contributed by atoms with Crippen LogP contribution in [0.1, 0.15) is 187 Å². The van der Waals surface area contributed by atoms with Crippen molar-refractivity contribution in [1.82, 2.24) is 5.32 Å². The van der Waals surface area contributed by atoms with Gasteiger partial charge in [-0.15, -0.1) is 0 Å². The van der Waals surface area contributed by atoms with Crippen molar-refractivity contribution >= 4 is 5.91 Å². The number of amides is 1. The average Bonchev–Trinajstić information content (AvgIpc) is 3.20. The molecule has 0 aromatic heterocycles. The standard InChI is InChI=1S/C47H85NO8/c1-3-5-7-9-11-13-15-17-19-20-21-23-25-27-29-31-33-35-37-43(51)48-40(39-55-47-46(54)45(53)44(52)42(38-49)56-47)41(50)36-34-32-30-28-26-24-22-18-16-14-12-10-8-6-4-2/h16,18,21,23,26,28,34,36,40-42,44-47,49-50,52-54H,3-15,17,19-20,22,24-25,27,29-33,35,37-39H2,1-2H3,(H,48,51)/b18-16+,23-21-,28-26+,36-34+. The van der Waals surface area contributed by atoms with Gasteiger partial charge in [0, 0.05) is 6.42 Å². The molecule has 7 unspecified atom stereocenters. The molecule has 326 valence electrons. The lowest BCUT2D eigenvalue weighted by Crippen LogP contribution is -2.60. The van der Waals surface area contributed by atoms with Gasteiger partial charge in [0.05, 0.1) is 25.4 Å². The van der Waals surface area contributed by atoms with Crippen LogP contribution in [0.25, 0.3) is 0 Å². The zero-order valence-corrected chi connectivity index (χ0v) is 35.6. The maximum absolute atomic E-state index is 12.9. The van der Waals surface area contributed by atoms with Gasteiger partial charge in [0.1, 0.15) is 24.4 Å². The number of ether oxygens (including phenoxy) is 2. The van der Waals surface area contributed by atoms with Gasteiger partial charge in [-0.05, 0) is 70.6 Å². The van der Waals surface area contributed by atoms with Crippen molar-refractivity contribution < 1.29 is 39.8 Å². The molecule has 1 aliphatic heterocycles. The molecule has 0 saturated carbocycles. The molecule has 6 N–H and O–H groups in total. The monoisotopic (exact) mass is 792 g/mol. The molecular formula is C47H85NO8. The van der Waals surface area contributed by atoms with E-state index < -0.39 is 49.5 Å². The topological polar surface area (TPSA) is 149 Å². The number of aliphatic hydroxyl groups is 5. The minimum atomic E-state index is -1.58. The van der Waals surface area contributed by atoms with Crippen LogP contribution >= 0.6 is 0 Å². The number of carbonyl (C=O) groups excluding carboxylic acids is 1. The molecule has 7 atom stereocenters. The van der Waals surface area contributed by atoms with Crippen molar-refractivity contribution in [2.75, 3.05) is 13.2 Å². The highest BCUT2D eigenvalue weighted by atomic mass is 16.7. The highest BCUT2D eigenvalue weighted by molar-refractivity contribution is 5.76. The van der Waals surface area contributed by atoms with E-state index in [1.165, 1.54) is 96.3 Å². The second-order valence-corrected chi connectivity index (χ2v) is 15.8. The van der Waals surface area contributed by atoms with Gasteiger partial charge >= 0.3 is 0 Å². The lowest BCUT2D eigenvalue weighted by molar-refractivity contribution is -0.302. The maximum Gasteiger partial charge on any atom is 0.220 e. The number of allylic oxidation sites excluding steroid dienone is 7. The maximum atomic E-state index is 12.9. The Morgan fingerprint density at radius 3 is 1.50 bits per heavy atom. The van der Waals surface area contributed by atoms with Crippen molar-refractivity contribution in [2.24, 2.45) is 0 Å². The Morgan fingerprint density at radius 1 is 0.589 bits per heavy atom. The molecule has 0 bridgehead atoms. The molecule has 0 radical (unpaired) electrons. The first-order valence-corrected chi connectivity index (χ1v) is 22.9. The van der Waals surface area contributed by atoms with Crippen LogP contribution in [0, 0.1) is 0 Å². The summed E-state index contributed by atoms with van der Waals surface area (Å²) in [5, 5.41) is 54.1. The van der Waals surface area contributed by atoms with Crippen LogP contribution in [-0.2, 0) is 14.3 Å². The summed E-state index contributed by atoms with van der Waals surface area (Å²) in [7, 11) is 0. The number of carbonyl (C=O) groups is 1. The lowest BCUT2D eigenvalue weighted by atomic mass is 9.99. The van der Waals surface area contributed by atoms with Gasteiger partial charge in [-0.25, -0.2) is 0 Å². The Kier molecular flexibility index (Phi) is 34.9. The minimum absolute atomic E-state index is 0.201. The van der Waals surface area contributed by atoms with Gasteiger partial charge < -0.3 is 40.3 Å². The number of unbranched alkanes of at least 4 members (excludes halogenated alkanes) is 21. The molecule has 0 aliphatic carbocycles.